The summed E-state index contributed by atoms with van der Waals surface area (Å²) in [6, 6.07) is 5.51. The van der Waals surface area contributed by atoms with E-state index in [1.165, 1.54) is 0 Å². The molecule has 1 aromatic rings. The smallest absolute Gasteiger partial charge is 0.126 e. The summed E-state index contributed by atoms with van der Waals surface area (Å²) in [5.41, 5.74) is 5.03. The van der Waals surface area contributed by atoms with Gasteiger partial charge >= 0.3 is 0 Å². The van der Waals surface area contributed by atoms with Crippen molar-refractivity contribution in [3.8, 4) is 0 Å². The zero-order valence-corrected chi connectivity index (χ0v) is 10.4. The Bertz CT molecular complexity index is 378. The van der Waals surface area contributed by atoms with Crippen molar-refractivity contribution in [1.82, 2.24) is 10.4 Å². The standard InChI is InChI=1S/C13H19FN2O/c1-10-3-4-12(9-13(10)14)11(2)15-16-5-7-17-8-6-16/h3-4,9,11,15H,5-8H2,1-2H3. The van der Waals surface area contributed by atoms with Crippen molar-refractivity contribution in [2.24, 2.45) is 0 Å². The molecule has 1 heterocycles. The molecule has 4 heteroatoms. The van der Waals surface area contributed by atoms with Crippen LogP contribution in [-0.2, 0) is 4.74 Å². The Morgan fingerprint density at radius 3 is 2.71 bits per heavy atom. The number of hydrazine groups is 1. The predicted molar refractivity (Wildman–Crippen MR) is 65.1 cm³/mol. The Kier molecular flexibility index (Phi) is 4.10. The average Bonchev–Trinajstić information content (AvgIpc) is 2.34. The van der Waals surface area contributed by atoms with E-state index in [0.29, 0.717) is 5.56 Å². The fraction of sp³-hybridized carbons (Fsp3) is 0.538. The van der Waals surface area contributed by atoms with E-state index in [1.54, 1.807) is 13.0 Å². The van der Waals surface area contributed by atoms with Crippen LogP contribution in [0.25, 0.3) is 0 Å². The molecule has 0 aliphatic carbocycles. The number of morpholine rings is 1. The van der Waals surface area contributed by atoms with Crippen molar-refractivity contribution in [1.29, 1.82) is 0 Å². The molecule has 1 fully saturated rings. The molecule has 1 aliphatic heterocycles. The third-order valence-electron chi connectivity index (χ3n) is 3.08. The summed E-state index contributed by atoms with van der Waals surface area (Å²) in [5, 5.41) is 2.13. The van der Waals surface area contributed by atoms with Crippen LogP contribution in [0.2, 0.25) is 0 Å². The van der Waals surface area contributed by atoms with Crippen molar-refractivity contribution in [3.63, 3.8) is 0 Å². The van der Waals surface area contributed by atoms with Gasteiger partial charge in [-0.15, -0.1) is 0 Å². The van der Waals surface area contributed by atoms with Crippen LogP contribution >= 0.6 is 0 Å². The monoisotopic (exact) mass is 238 g/mol. The number of halogens is 1. The Balaban J connectivity index is 1.98. The van der Waals surface area contributed by atoms with Gasteiger partial charge in [0.1, 0.15) is 5.82 Å². The molecule has 3 nitrogen and oxygen atoms in total. The SMILES string of the molecule is Cc1ccc(C(C)NN2CCOCC2)cc1F. The summed E-state index contributed by atoms with van der Waals surface area (Å²) < 4.78 is 18.7. The number of aryl methyl sites for hydroxylation is 1. The highest BCUT2D eigenvalue weighted by Gasteiger charge is 2.14. The topological polar surface area (TPSA) is 24.5 Å². The number of rotatable bonds is 3. The van der Waals surface area contributed by atoms with Gasteiger partial charge in [0, 0.05) is 19.1 Å². The van der Waals surface area contributed by atoms with Crippen LogP contribution in [-0.4, -0.2) is 31.3 Å². The minimum Gasteiger partial charge on any atom is -0.379 e. The summed E-state index contributed by atoms with van der Waals surface area (Å²) in [5.74, 6) is -0.141. The van der Waals surface area contributed by atoms with Crippen molar-refractivity contribution in [2.75, 3.05) is 26.3 Å². The van der Waals surface area contributed by atoms with Crippen LogP contribution in [0.5, 0.6) is 0 Å². The van der Waals surface area contributed by atoms with Gasteiger partial charge in [-0.1, -0.05) is 12.1 Å². The van der Waals surface area contributed by atoms with Crippen molar-refractivity contribution < 1.29 is 9.13 Å². The lowest BCUT2D eigenvalue weighted by molar-refractivity contribution is 0.00482. The number of nitrogens with one attached hydrogen (secondary N) is 1. The van der Waals surface area contributed by atoms with Gasteiger partial charge in [-0.25, -0.2) is 14.8 Å². The second-order valence-corrected chi connectivity index (χ2v) is 4.46. The molecule has 0 amide bonds. The first kappa shape index (κ1) is 12.5. The largest absolute Gasteiger partial charge is 0.379 e. The molecule has 1 N–H and O–H groups in total. The molecular formula is C13H19FN2O. The Morgan fingerprint density at radius 1 is 1.35 bits per heavy atom. The molecule has 1 aromatic carbocycles. The van der Waals surface area contributed by atoms with Crippen LogP contribution < -0.4 is 5.43 Å². The fourth-order valence-electron chi connectivity index (χ4n) is 1.92. The van der Waals surface area contributed by atoms with E-state index < -0.39 is 0 Å². The summed E-state index contributed by atoms with van der Waals surface area (Å²) in [6.45, 7) is 7.07. The van der Waals surface area contributed by atoms with Crippen molar-refractivity contribution >= 4 is 0 Å². The summed E-state index contributed by atoms with van der Waals surface area (Å²) >= 11 is 0. The second kappa shape index (κ2) is 5.58. The zero-order chi connectivity index (χ0) is 12.3. The molecule has 94 valence electrons. The Labute approximate surface area is 102 Å². The van der Waals surface area contributed by atoms with E-state index >= 15 is 0 Å². The number of ether oxygens (including phenoxy) is 1. The zero-order valence-electron chi connectivity index (χ0n) is 10.4. The molecule has 17 heavy (non-hydrogen) atoms. The van der Waals surface area contributed by atoms with Crippen LogP contribution in [0.4, 0.5) is 4.39 Å². The van der Waals surface area contributed by atoms with Gasteiger partial charge in [0.25, 0.3) is 0 Å². The van der Waals surface area contributed by atoms with Crippen LogP contribution in [0.15, 0.2) is 18.2 Å². The maximum Gasteiger partial charge on any atom is 0.126 e. The van der Waals surface area contributed by atoms with E-state index in [0.717, 1.165) is 31.9 Å². The van der Waals surface area contributed by atoms with E-state index in [4.69, 9.17) is 4.74 Å². The van der Waals surface area contributed by atoms with E-state index in [9.17, 15) is 4.39 Å². The highest BCUT2D eigenvalue weighted by atomic mass is 19.1. The molecule has 0 saturated carbocycles. The highest BCUT2D eigenvalue weighted by Crippen LogP contribution is 2.16. The van der Waals surface area contributed by atoms with Crippen molar-refractivity contribution in [2.45, 2.75) is 19.9 Å². The van der Waals surface area contributed by atoms with Gasteiger partial charge in [-0.2, -0.15) is 0 Å². The number of hydrogen-bond donors (Lipinski definition) is 1. The molecule has 2 rings (SSSR count). The highest BCUT2D eigenvalue weighted by molar-refractivity contribution is 5.25. The minimum atomic E-state index is -0.141. The maximum atomic E-state index is 13.5. The van der Waals surface area contributed by atoms with Crippen LogP contribution in [0, 0.1) is 12.7 Å². The number of hydrogen-bond acceptors (Lipinski definition) is 3. The number of nitrogens with zero attached hydrogens (tertiary/aromatic N) is 1. The molecule has 0 spiro atoms. The van der Waals surface area contributed by atoms with Gasteiger partial charge in [0.2, 0.25) is 0 Å². The van der Waals surface area contributed by atoms with E-state index in [-0.39, 0.29) is 11.9 Å². The lowest BCUT2D eigenvalue weighted by atomic mass is 10.1. The number of benzene rings is 1. The Hall–Kier alpha value is -0.970. The van der Waals surface area contributed by atoms with Gasteiger partial charge in [-0.3, -0.25) is 0 Å². The first-order valence-electron chi connectivity index (χ1n) is 6.02. The lowest BCUT2D eigenvalue weighted by Gasteiger charge is -2.30. The minimum absolute atomic E-state index is 0.114. The molecule has 1 aliphatic rings. The summed E-state index contributed by atoms with van der Waals surface area (Å²) in [7, 11) is 0. The normalized spacial score (nSPS) is 19.2. The third kappa shape index (κ3) is 3.25. The van der Waals surface area contributed by atoms with Crippen LogP contribution in [0.1, 0.15) is 24.1 Å². The fourth-order valence-corrected chi connectivity index (χ4v) is 1.92. The average molecular weight is 238 g/mol. The molecule has 1 atom stereocenters. The van der Waals surface area contributed by atoms with Gasteiger partial charge in [-0.05, 0) is 31.0 Å². The second-order valence-electron chi connectivity index (χ2n) is 4.46. The third-order valence-corrected chi connectivity index (χ3v) is 3.08. The molecule has 0 aromatic heterocycles. The molecular weight excluding hydrogens is 219 g/mol. The lowest BCUT2D eigenvalue weighted by Crippen LogP contribution is -2.46. The first-order chi connectivity index (χ1) is 8.16. The summed E-state index contributed by atoms with van der Waals surface area (Å²) in [6.07, 6.45) is 0. The van der Waals surface area contributed by atoms with Crippen LogP contribution in [0.3, 0.4) is 0 Å². The van der Waals surface area contributed by atoms with Gasteiger partial charge in [0.05, 0.1) is 13.2 Å². The molecule has 1 saturated heterocycles. The van der Waals surface area contributed by atoms with Gasteiger partial charge < -0.3 is 4.74 Å². The quantitative estimate of drug-likeness (QED) is 0.872. The molecule has 1 unspecified atom stereocenters. The van der Waals surface area contributed by atoms with E-state index in [2.05, 4.69) is 10.4 Å². The van der Waals surface area contributed by atoms with Gasteiger partial charge in [0.15, 0.2) is 0 Å². The van der Waals surface area contributed by atoms with E-state index in [1.807, 2.05) is 19.1 Å². The Morgan fingerprint density at radius 2 is 2.06 bits per heavy atom. The molecule has 0 radical (unpaired) electrons. The summed E-state index contributed by atoms with van der Waals surface area (Å²) in [4.78, 5) is 0. The molecule has 0 bridgehead atoms. The first-order valence-corrected chi connectivity index (χ1v) is 6.02. The van der Waals surface area contributed by atoms with Crippen molar-refractivity contribution in [3.05, 3.63) is 35.1 Å². The maximum absolute atomic E-state index is 13.5. The predicted octanol–water partition coefficient (Wildman–Crippen LogP) is 2.03.